The Balaban J connectivity index is 1.99. The summed E-state index contributed by atoms with van der Waals surface area (Å²) >= 11 is 0. The minimum atomic E-state index is 0.119. The van der Waals surface area contributed by atoms with E-state index in [9.17, 15) is 4.79 Å². The third kappa shape index (κ3) is 2.02. The van der Waals surface area contributed by atoms with Crippen molar-refractivity contribution in [1.29, 1.82) is 0 Å². The van der Waals surface area contributed by atoms with Crippen LogP contribution in [0.3, 0.4) is 0 Å². The lowest BCUT2D eigenvalue weighted by molar-refractivity contribution is -0.131. The first kappa shape index (κ1) is 15.1. The van der Waals surface area contributed by atoms with Crippen molar-refractivity contribution in [2.75, 3.05) is 20.8 Å². The van der Waals surface area contributed by atoms with E-state index in [4.69, 9.17) is 9.47 Å². The number of carbonyl (C=O) groups is 1. The molecule has 1 amide bonds. The number of amides is 1. The lowest BCUT2D eigenvalue weighted by atomic mass is 9.76. The quantitative estimate of drug-likeness (QED) is 0.850. The van der Waals surface area contributed by atoms with Crippen molar-refractivity contribution in [1.82, 2.24) is 4.90 Å². The summed E-state index contributed by atoms with van der Waals surface area (Å²) in [7, 11) is 3.34. The van der Waals surface area contributed by atoms with Crippen molar-refractivity contribution in [3.05, 3.63) is 47.0 Å². The summed E-state index contributed by atoms with van der Waals surface area (Å²) in [4.78, 5) is 14.1. The molecule has 0 spiro atoms. The average molecular weight is 323 g/mol. The monoisotopic (exact) mass is 323 g/mol. The van der Waals surface area contributed by atoms with E-state index in [2.05, 4.69) is 24.3 Å². The Morgan fingerprint density at radius 3 is 2.67 bits per heavy atom. The molecule has 4 nitrogen and oxygen atoms in total. The zero-order valence-corrected chi connectivity index (χ0v) is 14.3. The summed E-state index contributed by atoms with van der Waals surface area (Å²) in [6.45, 7) is 2.46. The topological polar surface area (TPSA) is 38.8 Å². The molecule has 1 aliphatic heterocycles. The fourth-order valence-corrected chi connectivity index (χ4v) is 4.23. The molecule has 1 heterocycles. The molecule has 0 N–H and O–H groups in total. The maximum atomic E-state index is 12.1. The van der Waals surface area contributed by atoms with E-state index in [0.29, 0.717) is 0 Å². The molecule has 0 aromatic heterocycles. The standard InChI is InChI=1S/C20H21NO3/c1-12(22)21-10-9-13-5-4-6-15-18(13)16(21)11-14-7-8-17(23-2)20(24-3)19(14)15/h4-8,16H,9-11H2,1-3H3. The molecule has 0 saturated heterocycles. The largest absolute Gasteiger partial charge is 0.493 e. The first-order chi connectivity index (χ1) is 11.7. The fraction of sp³-hybridized carbons (Fsp3) is 0.350. The molecular formula is C20H21NO3. The van der Waals surface area contributed by atoms with Gasteiger partial charge in [0.05, 0.1) is 20.3 Å². The highest BCUT2D eigenvalue weighted by atomic mass is 16.5. The van der Waals surface area contributed by atoms with E-state index in [0.717, 1.165) is 36.4 Å². The average Bonchev–Trinajstić information content (AvgIpc) is 2.60. The molecule has 0 fully saturated rings. The second-order valence-corrected chi connectivity index (χ2v) is 6.40. The van der Waals surface area contributed by atoms with Crippen LogP contribution in [-0.4, -0.2) is 31.6 Å². The van der Waals surface area contributed by atoms with Gasteiger partial charge >= 0.3 is 0 Å². The molecule has 2 aliphatic rings. The number of benzene rings is 2. The van der Waals surface area contributed by atoms with Gasteiger partial charge in [0.2, 0.25) is 5.91 Å². The Morgan fingerprint density at radius 2 is 1.96 bits per heavy atom. The molecule has 2 aromatic rings. The maximum absolute atomic E-state index is 12.1. The van der Waals surface area contributed by atoms with Gasteiger partial charge < -0.3 is 14.4 Å². The van der Waals surface area contributed by atoms with Crippen LogP contribution in [0.15, 0.2) is 30.3 Å². The van der Waals surface area contributed by atoms with Crippen LogP contribution in [0.5, 0.6) is 11.5 Å². The first-order valence-electron chi connectivity index (χ1n) is 8.29. The van der Waals surface area contributed by atoms with E-state index in [1.165, 1.54) is 22.3 Å². The molecule has 124 valence electrons. The third-order valence-corrected chi connectivity index (χ3v) is 5.25. The van der Waals surface area contributed by atoms with Crippen LogP contribution in [0.2, 0.25) is 0 Å². The Hall–Kier alpha value is -2.49. The Kier molecular flexibility index (Phi) is 3.48. The molecule has 2 aromatic carbocycles. The van der Waals surface area contributed by atoms with Crippen molar-refractivity contribution < 1.29 is 14.3 Å². The molecule has 1 unspecified atom stereocenters. The van der Waals surface area contributed by atoms with Crippen LogP contribution in [0, 0.1) is 0 Å². The van der Waals surface area contributed by atoms with Crippen molar-refractivity contribution in [3.8, 4) is 22.6 Å². The van der Waals surface area contributed by atoms with E-state index in [1.807, 2.05) is 11.0 Å². The van der Waals surface area contributed by atoms with Gasteiger partial charge in [0.25, 0.3) is 0 Å². The number of carbonyl (C=O) groups excluding carboxylic acids is 1. The highest BCUT2D eigenvalue weighted by Crippen LogP contribution is 2.50. The molecule has 1 aliphatic carbocycles. The zero-order chi connectivity index (χ0) is 16.8. The van der Waals surface area contributed by atoms with Crippen molar-refractivity contribution in [3.63, 3.8) is 0 Å². The minimum Gasteiger partial charge on any atom is -0.493 e. The summed E-state index contributed by atoms with van der Waals surface area (Å²) in [5.74, 6) is 1.66. The Bertz CT molecular complexity index is 828. The number of hydrogen-bond donors (Lipinski definition) is 0. The highest BCUT2D eigenvalue weighted by molar-refractivity contribution is 5.84. The van der Waals surface area contributed by atoms with Crippen LogP contribution in [0.25, 0.3) is 11.1 Å². The first-order valence-corrected chi connectivity index (χ1v) is 8.29. The van der Waals surface area contributed by atoms with Gasteiger partial charge in [-0.2, -0.15) is 0 Å². The molecule has 4 heteroatoms. The molecule has 24 heavy (non-hydrogen) atoms. The number of nitrogens with zero attached hydrogens (tertiary/aromatic N) is 1. The van der Waals surface area contributed by atoms with Gasteiger partial charge in [0.15, 0.2) is 11.5 Å². The van der Waals surface area contributed by atoms with Crippen molar-refractivity contribution in [2.45, 2.75) is 25.8 Å². The summed E-state index contributed by atoms with van der Waals surface area (Å²) in [6.07, 6.45) is 1.72. The van der Waals surface area contributed by atoms with E-state index in [1.54, 1.807) is 21.1 Å². The van der Waals surface area contributed by atoms with Crippen LogP contribution < -0.4 is 9.47 Å². The van der Waals surface area contributed by atoms with Gasteiger partial charge in [-0.25, -0.2) is 0 Å². The normalized spacial score (nSPS) is 17.8. The zero-order valence-electron chi connectivity index (χ0n) is 14.3. The number of hydrogen-bond acceptors (Lipinski definition) is 3. The summed E-state index contributed by atoms with van der Waals surface area (Å²) < 4.78 is 11.2. The van der Waals surface area contributed by atoms with Gasteiger partial charge in [-0.1, -0.05) is 24.3 Å². The van der Waals surface area contributed by atoms with Gasteiger partial charge in [-0.05, 0) is 41.2 Å². The smallest absolute Gasteiger partial charge is 0.219 e. The second kappa shape index (κ2) is 5.55. The summed E-state index contributed by atoms with van der Waals surface area (Å²) in [5, 5.41) is 0. The molecule has 4 rings (SSSR count). The SMILES string of the molecule is COc1ccc2c(c1OC)-c1cccc3c1C(C2)N(C(C)=O)CC3. The van der Waals surface area contributed by atoms with Gasteiger partial charge in [0, 0.05) is 19.0 Å². The number of fused-ring (bicyclic) bond motifs is 2. The Morgan fingerprint density at radius 1 is 1.12 bits per heavy atom. The third-order valence-electron chi connectivity index (χ3n) is 5.25. The van der Waals surface area contributed by atoms with E-state index >= 15 is 0 Å². The minimum absolute atomic E-state index is 0.119. The second-order valence-electron chi connectivity index (χ2n) is 6.40. The van der Waals surface area contributed by atoms with Gasteiger partial charge in [0.1, 0.15) is 0 Å². The Labute approximate surface area is 142 Å². The molecule has 0 radical (unpaired) electrons. The van der Waals surface area contributed by atoms with Crippen LogP contribution in [0.1, 0.15) is 29.7 Å². The van der Waals surface area contributed by atoms with Gasteiger partial charge in [-0.15, -0.1) is 0 Å². The van der Waals surface area contributed by atoms with E-state index < -0.39 is 0 Å². The molecule has 0 bridgehead atoms. The highest BCUT2D eigenvalue weighted by Gasteiger charge is 2.36. The van der Waals surface area contributed by atoms with Gasteiger partial charge in [-0.3, -0.25) is 4.79 Å². The number of ether oxygens (including phenoxy) is 2. The fourth-order valence-electron chi connectivity index (χ4n) is 4.23. The summed E-state index contributed by atoms with van der Waals surface area (Å²) in [5.41, 5.74) is 6.09. The predicted molar refractivity (Wildman–Crippen MR) is 92.5 cm³/mol. The predicted octanol–water partition coefficient (Wildman–Crippen LogP) is 3.37. The van der Waals surface area contributed by atoms with Crippen molar-refractivity contribution in [2.24, 2.45) is 0 Å². The maximum Gasteiger partial charge on any atom is 0.219 e. The molecule has 1 atom stereocenters. The number of methoxy groups -OCH3 is 2. The lowest BCUT2D eigenvalue weighted by Crippen LogP contribution is -2.41. The van der Waals surface area contributed by atoms with Crippen molar-refractivity contribution >= 4 is 5.91 Å². The van der Waals surface area contributed by atoms with Crippen LogP contribution in [0.4, 0.5) is 0 Å². The van der Waals surface area contributed by atoms with E-state index in [-0.39, 0.29) is 11.9 Å². The lowest BCUT2D eigenvalue weighted by Gasteiger charge is -2.41. The molecular weight excluding hydrogens is 302 g/mol. The summed E-state index contributed by atoms with van der Waals surface area (Å²) in [6, 6.07) is 10.6. The number of rotatable bonds is 2. The van der Waals surface area contributed by atoms with Crippen LogP contribution >= 0.6 is 0 Å². The van der Waals surface area contributed by atoms with Crippen LogP contribution in [-0.2, 0) is 17.6 Å². The molecule has 0 saturated carbocycles.